The predicted octanol–water partition coefficient (Wildman–Crippen LogP) is 3.14. The van der Waals surface area contributed by atoms with E-state index >= 15 is 0 Å². The number of nitrogens with zero attached hydrogens (tertiary/aromatic N) is 2. The van der Waals surface area contributed by atoms with Crippen LogP contribution in [0.1, 0.15) is 24.4 Å². The van der Waals surface area contributed by atoms with Crippen molar-refractivity contribution in [3.63, 3.8) is 0 Å². The average molecular weight is 323 g/mol. The van der Waals surface area contributed by atoms with Crippen molar-refractivity contribution in [2.75, 3.05) is 20.2 Å². The SMILES string of the molecule is C=C[C@H]1C[N@]2CC[C@H]1C[C@H]2C(N)c1ccnc2ccc(OC)cc12. The van der Waals surface area contributed by atoms with Crippen LogP contribution in [-0.2, 0) is 0 Å². The van der Waals surface area contributed by atoms with Crippen molar-refractivity contribution in [1.82, 2.24) is 9.88 Å². The van der Waals surface area contributed by atoms with Crippen LogP contribution in [0.4, 0.5) is 0 Å². The van der Waals surface area contributed by atoms with Gasteiger partial charge in [-0.1, -0.05) is 6.08 Å². The van der Waals surface area contributed by atoms with Gasteiger partial charge in [-0.2, -0.15) is 0 Å². The Morgan fingerprint density at radius 2 is 2.29 bits per heavy atom. The fourth-order valence-corrected chi connectivity index (χ4v) is 4.52. The number of rotatable bonds is 4. The first-order valence-corrected chi connectivity index (χ1v) is 8.76. The van der Waals surface area contributed by atoms with E-state index in [0.29, 0.717) is 12.0 Å². The summed E-state index contributed by atoms with van der Waals surface area (Å²) in [5, 5.41) is 1.10. The Balaban J connectivity index is 1.69. The monoisotopic (exact) mass is 323 g/mol. The van der Waals surface area contributed by atoms with Crippen LogP contribution in [0.25, 0.3) is 10.9 Å². The molecule has 5 atom stereocenters. The lowest BCUT2D eigenvalue weighted by atomic mass is 9.73. The highest BCUT2D eigenvalue weighted by Gasteiger charge is 2.41. The molecule has 2 N–H and O–H groups in total. The van der Waals surface area contributed by atoms with Crippen molar-refractivity contribution in [2.45, 2.75) is 24.9 Å². The summed E-state index contributed by atoms with van der Waals surface area (Å²) in [6.45, 7) is 6.26. The molecule has 5 rings (SSSR count). The first kappa shape index (κ1) is 15.6. The van der Waals surface area contributed by atoms with Gasteiger partial charge in [0.15, 0.2) is 0 Å². The van der Waals surface area contributed by atoms with Gasteiger partial charge in [-0.15, -0.1) is 6.58 Å². The number of ether oxygens (including phenoxy) is 1. The summed E-state index contributed by atoms with van der Waals surface area (Å²) in [5.41, 5.74) is 8.91. The number of hydrogen-bond donors (Lipinski definition) is 1. The topological polar surface area (TPSA) is 51.4 Å². The molecule has 0 aliphatic carbocycles. The summed E-state index contributed by atoms with van der Waals surface area (Å²) < 4.78 is 5.39. The second-order valence-corrected chi connectivity index (χ2v) is 7.06. The molecule has 3 fully saturated rings. The van der Waals surface area contributed by atoms with Crippen LogP contribution in [0.5, 0.6) is 5.75 Å². The Morgan fingerprint density at radius 1 is 1.42 bits per heavy atom. The third kappa shape index (κ3) is 2.50. The Kier molecular flexibility index (Phi) is 4.02. The molecule has 3 saturated heterocycles. The summed E-state index contributed by atoms with van der Waals surface area (Å²) in [5.74, 6) is 2.20. The fraction of sp³-hybridized carbons (Fsp3) is 0.450. The van der Waals surface area contributed by atoms with E-state index in [1.165, 1.54) is 12.0 Å². The van der Waals surface area contributed by atoms with Crippen LogP contribution >= 0.6 is 0 Å². The van der Waals surface area contributed by atoms with E-state index in [2.05, 4.69) is 34.7 Å². The molecule has 0 radical (unpaired) electrons. The lowest BCUT2D eigenvalue weighted by molar-refractivity contribution is 0.00749. The maximum Gasteiger partial charge on any atom is 0.119 e. The summed E-state index contributed by atoms with van der Waals surface area (Å²) in [6.07, 6.45) is 6.43. The van der Waals surface area contributed by atoms with Crippen molar-refractivity contribution in [1.29, 1.82) is 0 Å². The molecule has 4 heterocycles. The fourth-order valence-electron chi connectivity index (χ4n) is 4.52. The number of benzene rings is 1. The van der Waals surface area contributed by atoms with Crippen molar-refractivity contribution in [2.24, 2.45) is 17.6 Å². The van der Waals surface area contributed by atoms with E-state index in [4.69, 9.17) is 10.5 Å². The molecule has 3 aliphatic heterocycles. The molecular formula is C20H25N3O. The van der Waals surface area contributed by atoms with Gasteiger partial charge < -0.3 is 10.5 Å². The normalized spacial score (nSPS) is 30.2. The van der Waals surface area contributed by atoms with Gasteiger partial charge in [0.05, 0.1) is 12.6 Å². The number of fused-ring (bicyclic) bond motifs is 4. The Labute approximate surface area is 143 Å². The lowest BCUT2D eigenvalue weighted by Gasteiger charge is -2.51. The predicted molar refractivity (Wildman–Crippen MR) is 97.0 cm³/mol. The highest BCUT2D eigenvalue weighted by Crippen LogP contribution is 2.41. The van der Waals surface area contributed by atoms with Crippen molar-refractivity contribution >= 4 is 10.9 Å². The van der Waals surface area contributed by atoms with Crippen LogP contribution in [0.2, 0.25) is 0 Å². The van der Waals surface area contributed by atoms with Crippen LogP contribution in [0.15, 0.2) is 43.1 Å². The first-order chi connectivity index (χ1) is 11.7. The summed E-state index contributed by atoms with van der Waals surface area (Å²) in [7, 11) is 1.69. The minimum atomic E-state index is -0.00354. The van der Waals surface area contributed by atoms with Crippen molar-refractivity contribution in [3.8, 4) is 5.75 Å². The molecule has 126 valence electrons. The maximum absolute atomic E-state index is 6.76. The quantitative estimate of drug-likeness (QED) is 0.878. The third-order valence-corrected chi connectivity index (χ3v) is 5.91. The number of pyridine rings is 1. The molecule has 1 aromatic heterocycles. The molecule has 2 bridgehead atoms. The van der Waals surface area contributed by atoms with Crippen LogP contribution in [-0.4, -0.2) is 36.1 Å². The molecule has 4 nitrogen and oxygen atoms in total. The zero-order valence-electron chi connectivity index (χ0n) is 14.2. The summed E-state index contributed by atoms with van der Waals surface area (Å²) in [6, 6.07) is 8.48. The molecule has 4 heteroatoms. The van der Waals surface area contributed by atoms with Gasteiger partial charge in [-0.25, -0.2) is 0 Å². The molecule has 3 aliphatic rings. The molecule has 24 heavy (non-hydrogen) atoms. The first-order valence-electron chi connectivity index (χ1n) is 8.76. The Morgan fingerprint density at radius 3 is 3.00 bits per heavy atom. The molecule has 2 aromatic rings. The maximum atomic E-state index is 6.76. The van der Waals surface area contributed by atoms with E-state index in [9.17, 15) is 0 Å². The van der Waals surface area contributed by atoms with Crippen LogP contribution < -0.4 is 10.5 Å². The zero-order chi connectivity index (χ0) is 16.7. The second kappa shape index (κ2) is 6.19. The van der Waals surface area contributed by atoms with Gasteiger partial charge in [0.25, 0.3) is 0 Å². The molecule has 0 saturated carbocycles. The van der Waals surface area contributed by atoms with Crippen LogP contribution in [0.3, 0.4) is 0 Å². The Hall–Kier alpha value is -1.91. The average Bonchev–Trinajstić information content (AvgIpc) is 2.66. The van der Waals surface area contributed by atoms with Gasteiger partial charge in [0, 0.05) is 30.2 Å². The van der Waals surface area contributed by atoms with E-state index < -0.39 is 0 Å². The third-order valence-electron chi connectivity index (χ3n) is 5.91. The van der Waals surface area contributed by atoms with Gasteiger partial charge >= 0.3 is 0 Å². The number of piperidine rings is 3. The smallest absolute Gasteiger partial charge is 0.119 e. The minimum absolute atomic E-state index is 0.00354. The molecule has 1 aromatic carbocycles. The minimum Gasteiger partial charge on any atom is -0.497 e. The van der Waals surface area contributed by atoms with Crippen molar-refractivity contribution < 1.29 is 4.74 Å². The van der Waals surface area contributed by atoms with E-state index in [-0.39, 0.29) is 6.04 Å². The van der Waals surface area contributed by atoms with Crippen molar-refractivity contribution in [3.05, 3.63) is 48.7 Å². The largest absolute Gasteiger partial charge is 0.497 e. The van der Waals surface area contributed by atoms with Gasteiger partial charge in [0.2, 0.25) is 0 Å². The van der Waals surface area contributed by atoms with E-state index in [0.717, 1.165) is 42.1 Å². The second-order valence-electron chi connectivity index (χ2n) is 7.06. The van der Waals surface area contributed by atoms with Gasteiger partial charge in [-0.3, -0.25) is 9.88 Å². The molecular weight excluding hydrogens is 298 g/mol. The lowest BCUT2D eigenvalue weighted by Crippen LogP contribution is -2.56. The molecule has 1 unspecified atom stereocenters. The number of hydrogen-bond acceptors (Lipinski definition) is 4. The number of methoxy groups -OCH3 is 1. The van der Waals surface area contributed by atoms with Crippen LogP contribution in [0, 0.1) is 11.8 Å². The van der Waals surface area contributed by atoms with Gasteiger partial charge in [-0.05, 0) is 61.1 Å². The van der Waals surface area contributed by atoms with Gasteiger partial charge in [0.1, 0.15) is 5.75 Å². The number of aromatic nitrogens is 1. The van der Waals surface area contributed by atoms with E-state index in [1.54, 1.807) is 7.11 Å². The highest BCUT2D eigenvalue weighted by atomic mass is 16.5. The number of nitrogens with two attached hydrogens (primary N) is 1. The zero-order valence-corrected chi connectivity index (χ0v) is 14.2. The standard InChI is InChI=1S/C20H25N3O/c1-3-13-12-23-9-7-14(13)10-19(23)20(21)16-6-8-22-18-5-4-15(24-2)11-17(16)18/h3-6,8,11,13-14,19-20H,1,7,9-10,12,21H2,2H3/t13-,14-,19-,20?/m0/s1. The molecule has 0 spiro atoms. The summed E-state index contributed by atoms with van der Waals surface area (Å²) in [4.78, 5) is 7.04. The summed E-state index contributed by atoms with van der Waals surface area (Å²) >= 11 is 0. The highest BCUT2D eigenvalue weighted by molar-refractivity contribution is 5.84. The Bertz CT molecular complexity index is 760. The van der Waals surface area contributed by atoms with E-state index in [1.807, 2.05) is 18.3 Å². The molecule has 0 amide bonds.